The summed E-state index contributed by atoms with van der Waals surface area (Å²) in [5.74, 6) is 1.91. The predicted octanol–water partition coefficient (Wildman–Crippen LogP) is 3.96. The highest BCUT2D eigenvalue weighted by Crippen LogP contribution is 2.24. The third-order valence-electron chi connectivity index (χ3n) is 4.15. The second kappa shape index (κ2) is 6.10. The standard InChI is InChI=1S/C18H17N3OS/c23-18-19-10-14-11-21(9-8-16(14)20-18)12-15-6-7-17(22-15)13-4-2-1-3-5-13/h1-7,10H,8-9,11-12H2,(H,19,20,23). The molecule has 0 atom stereocenters. The molecule has 0 saturated carbocycles. The van der Waals surface area contributed by atoms with Crippen molar-refractivity contribution >= 4 is 12.2 Å². The molecule has 0 unspecified atom stereocenters. The molecular weight excluding hydrogens is 306 g/mol. The summed E-state index contributed by atoms with van der Waals surface area (Å²) in [5.41, 5.74) is 3.55. The lowest BCUT2D eigenvalue weighted by Crippen LogP contribution is -2.30. The van der Waals surface area contributed by atoms with Crippen LogP contribution in [0.1, 0.15) is 17.0 Å². The number of nitrogens with one attached hydrogen (secondary N) is 1. The summed E-state index contributed by atoms with van der Waals surface area (Å²) >= 11 is 5.09. The van der Waals surface area contributed by atoms with Gasteiger partial charge in [0, 0.05) is 42.5 Å². The van der Waals surface area contributed by atoms with Crippen molar-refractivity contribution in [1.29, 1.82) is 0 Å². The molecule has 3 aromatic rings. The lowest BCUT2D eigenvalue weighted by atomic mass is 10.1. The number of H-pyrrole nitrogens is 1. The fraction of sp³-hybridized carbons (Fsp3) is 0.222. The van der Waals surface area contributed by atoms with E-state index in [-0.39, 0.29) is 0 Å². The second-order valence-electron chi connectivity index (χ2n) is 5.78. The van der Waals surface area contributed by atoms with Gasteiger partial charge in [-0.3, -0.25) is 4.90 Å². The summed E-state index contributed by atoms with van der Waals surface area (Å²) in [6, 6.07) is 14.3. The van der Waals surface area contributed by atoms with E-state index < -0.39 is 0 Å². The molecular formula is C18H17N3OS. The van der Waals surface area contributed by atoms with Crippen LogP contribution in [0.15, 0.2) is 53.1 Å². The van der Waals surface area contributed by atoms with E-state index in [0.29, 0.717) is 4.77 Å². The normalized spacial score (nSPS) is 14.6. The van der Waals surface area contributed by atoms with Gasteiger partial charge in [-0.1, -0.05) is 30.3 Å². The van der Waals surface area contributed by atoms with E-state index in [2.05, 4.69) is 33.1 Å². The molecule has 0 radical (unpaired) electrons. The summed E-state index contributed by atoms with van der Waals surface area (Å²) in [5, 5.41) is 0. The number of fused-ring (bicyclic) bond motifs is 1. The van der Waals surface area contributed by atoms with E-state index in [1.807, 2.05) is 30.5 Å². The number of aromatic amines is 1. The molecule has 0 aliphatic carbocycles. The van der Waals surface area contributed by atoms with Gasteiger partial charge in [0.1, 0.15) is 11.5 Å². The zero-order valence-corrected chi connectivity index (χ0v) is 13.5. The SMILES string of the molecule is S=c1ncc2c([nH]1)CCN(Cc1ccc(-c3ccccc3)o1)C2. The van der Waals surface area contributed by atoms with Gasteiger partial charge in [-0.2, -0.15) is 0 Å². The van der Waals surface area contributed by atoms with Crippen LogP contribution in [0, 0.1) is 4.77 Å². The Labute approximate surface area is 139 Å². The van der Waals surface area contributed by atoms with Gasteiger partial charge < -0.3 is 9.40 Å². The van der Waals surface area contributed by atoms with E-state index in [1.165, 1.54) is 11.3 Å². The number of rotatable bonds is 3. The zero-order chi connectivity index (χ0) is 15.6. The van der Waals surface area contributed by atoms with Crippen LogP contribution >= 0.6 is 12.2 Å². The third-order valence-corrected chi connectivity index (χ3v) is 4.36. The molecule has 0 saturated heterocycles. The molecule has 1 aliphatic rings. The van der Waals surface area contributed by atoms with Crippen LogP contribution in [0.25, 0.3) is 11.3 Å². The molecule has 0 fully saturated rings. The minimum Gasteiger partial charge on any atom is -0.460 e. The summed E-state index contributed by atoms with van der Waals surface area (Å²) in [6.45, 7) is 2.67. The van der Waals surface area contributed by atoms with Crippen molar-refractivity contribution in [3.8, 4) is 11.3 Å². The summed E-state index contributed by atoms with van der Waals surface area (Å²) in [4.78, 5) is 9.75. The van der Waals surface area contributed by atoms with Crippen molar-refractivity contribution < 1.29 is 4.42 Å². The molecule has 3 heterocycles. The fourth-order valence-corrected chi connectivity index (χ4v) is 3.16. The van der Waals surface area contributed by atoms with E-state index in [0.717, 1.165) is 43.1 Å². The highest BCUT2D eigenvalue weighted by atomic mass is 32.1. The van der Waals surface area contributed by atoms with Gasteiger partial charge in [0.2, 0.25) is 0 Å². The Morgan fingerprint density at radius 1 is 1.17 bits per heavy atom. The Hall–Kier alpha value is -2.24. The van der Waals surface area contributed by atoms with Gasteiger partial charge in [-0.05, 0) is 24.4 Å². The fourth-order valence-electron chi connectivity index (χ4n) is 2.98. The predicted molar refractivity (Wildman–Crippen MR) is 91.4 cm³/mol. The third kappa shape index (κ3) is 3.11. The molecule has 2 aromatic heterocycles. The molecule has 1 N–H and O–H groups in total. The average molecular weight is 323 g/mol. The second-order valence-corrected chi connectivity index (χ2v) is 6.17. The molecule has 5 heteroatoms. The summed E-state index contributed by atoms with van der Waals surface area (Å²) in [6.07, 6.45) is 2.85. The molecule has 0 bridgehead atoms. The number of aromatic nitrogens is 2. The minimum absolute atomic E-state index is 0.565. The van der Waals surface area contributed by atoms with Crippen molar-refractivity contribution in [2.75, 3.05) is 6.54 Å². The molecule has 0 spiro atoms. The lowest BCUT2D eigenvalue weighted by Gasteiger charge is -2.27. The molecule has 4 rings (SSSR count). The molecule has 4 nitrogen and oxygen atoms in total. The first kappa shape index (κ1) is 14.4. The summed E-state index contributed by atoms with van der Waals surface area (Å²) < 4.78 is 6.56. The maximum Gasteiger partial charge on any atom is 0.196 e. The van der Waals surface area contributed by atoms with Gasteiger partial charge in [0.05, 0.1) is 6.54 Å². The Morgan fingerprint density at radius 2 is 2.04 bits per heavy atom. The monoisotopic (exact) mass is 323 g/mol. The smallest absolute Gasteiger partial charge is 0.196 e. The Bertz CT molecular complexity index is 869. The molecule has 1 aromatic carbocycles. The Morgan fingerprint density at radius 3 is 2.91 bits per heavy atom. The van der Waals surface area contributed by atoms with Gasteiger partial charge in [0.15, 0.2) is 4.77 Å². The van der Waals surface area contributed by atoms with Crippen LogP contribution in [-0.2, 0) is 19.5 Å². The van der Waals surface area contributed by atoms with Crippen LogP contribution in [0.5, 0.6) is 0 Å². The number of nitrogens with zero attached hydrogens (tertiary/aromatic N) is 2. The van der Waals surface area contributed by atoms with Crippen molar-refractivity contribution in [1.82, 2.24) is 14.9 Å². The van der Waals surface area contributed by atoms with Crippen molar-refractivity contribution in [2.45, 2.75) is 19.5 Å². The van der Waals surface area contributed by atoms with Crippen LogP contribution < -0.4 is 0 Å². The number of hydrogen-bond acceptors (Lipinski definition) is 4. The first-order valence-electron chi connectivity index (χ1n) is 7.71. The highest BCUT2D eigenvalue weighted by molar-refractivity contribution is 7.71. The van der Waals surface area contributed by atoms with E-state index in [1.54, 1.807) is 0 Å². The number of furan rings is 1. The van der Waals surface area contributed by atoms with Gasteiger partial charge in [0.25, 0.3) is 0 Å². The van der Waals surface area contributed by atoms with Gasteiger partial charge in [-0.15, -0.1) is 0 Å². The van der Waals surface area contributed by atoms with Crippen LogP contribution in [0.4, 0.5) is 0 Å². The molecule has 116 valence electrons. The quantitative estimate of drug-likeness (QED) is 0.741. The van der Waals surface area contributed by atoms with Crippen molar-refractivity contribution in [3.63, 3.8) is 0 Å². The summed E-state index contributed by atoms with van der Waals surface area (Å²) in [7, 11) is 0. The van der Waals surface area contributed by atoms with Gasteiger partial charge >= 0.3 is 0 Å². The molecule has 23 heavy (non-hydrogen) atoms. The lowest BCUT2D eigenvalue weighted by molar-refractivity contribution is 0.224. The topological polar surface area (TPSA) is 45.1 Å². The largest absolute Gasteiger partial charge is 0.460 e. The van der Waals surface area contributed by atoms with Crippen LogP contribution in [-0.4, -0.2) is 21.4 Å². The average Bonchev–Trinajstić information content (AvgIpc) is 3.04. The number of hydrogen-bond donors (Lipinski definition) is 1. The first-order valence-corrected chi connectivity index (χ1v) is 8.12. The Kier molecular flexibility index (Phi) is 3.81. The van der Waals surface area contributed by atoms with Gasteiger partial charge in [-0.25, -0.2) is 4.98 Å². The minimum atomic E-state index is 0.565. The maximum absolute atomic E-state index is 6.00. The van der Waals surface area contributed by atoms with E-state index in [9.17, 15) is 0 Å². The van der Waals surface area contributed by atoms with E-state index >= 15 is 0 Å². The van der Waals surface area contributed by atoms with E-state index in [4.69, 9.17) is 16.6 Å². The first-order chi connectivity index (χ1) is 11.3. The molecule has 0 amide bonds. The van der Waals surface area contributed by atoms with Crippen molar-refractivity contribution in [3.05, 3.63) is 70.5 Å². The van der Waals surface area contributed by atoms with Crippen LogP contribution in [0.3, 0.4) is 0 Å². The zero-order valence-electron chi connectivity index (χ0n) is 12.7. The maximum atomic E-state index is 6.00. The Balaban J connectivity index is 1.48. The molecule has 1 aliphatic heterocycles. The van der Waals surface area contributed by atoms with Crippen molar-refractivity contribution in [2.24, 2.45) is 0 Å². The highest BCUT2D eigenvalue weighted by Gasteiger charge is 2.18. The number of benzene rings is 1. The van der Waals surface area contributed by atoms with Crippen LogP contribution in [0.2, 0.25) is 0 Å².